The molecule has 0 saturated carbocycles. The number of nitrogens with zero attached hydrogens (tertiary/aromatic N) is 2. The van der Waals surface area contributed by atoms with Crippen LogP contribution in [-0.4, -0.2) is 16.3 Å². The lowest BCUT2D eigenvalue weighted by Gasteiger charge is -2.28. The van der Waals surface area contributed by atoms with E-state index in [9.17, 15) is 0 Å². The van der Waals surface area contributed by atoms with E-state index >= 15 is 0 Å². The number of rotatable bonds is 1. The maximum Gasteiger partial charge on any atom is 0.0631 e. The molecule has 0 bridgehead atoms. The van der Waals surface area contributed by atoms with Crippen molar-refractivity contribution in [1.82, 2.24) is 9.78 Å². The van der Waals surface area contributed by atoms with E-state index in [0.29, 0.717) is 11.8 Å². The predicted octanol–water partition coefficient (Wildman–Crippen LogP) is 1.35. The second-order valence-corrected chi connectivity index (χ2v) is 4.43. The summed E-state index contributed by atoms with van der Waals surface area (Å²) in [5.74, 6) is 1.22. The summed E-state index contributed by atoms with van der Waals surface area (Å²) in [6.45, 7) is 5.15. The van der Waals surface area contributed by atoms with Gasteiger partial charge in [0.2, 0.25) is 0 Å². The van der Waals surface area contributed by atoms with Crippen molar-refractivity contribution < 1.29 is 0 Å². The van der Waals surface area contributed by atoms with Crippen molar-refractivity contribution in [2.45, 2.75) is 32.6 Å². The van der Waals surface area contributed by atoms with Gasteiger partial charge in [-0.2, -0.15) is 5.10 Å². The zero-order valence-corrected chi connectivity index (χ0v) is 9.25. The molecule has 1 aromatic rings. The van der Waals surface area contributed by atoms with Gasteiger partial charge in [0, 0.05) is 24.2 Å². The molecule has 0 spiro atoms. The summed E-state index contributed by atoms with van der Waals surface area (Å²) in [5.41, 5.74) is 9.84. The van der Waals surface area contributed by atoms with Gasteiger partial charge in [-0.25, -0.2) is 0 Å². The van der Waals surface area contributed by atoms with Crippen LogP contribution in [0.4, 0.5) is 0 Å². The molecular formula is C11H19N3. The van der Waals surface area contributed by atoms with Crippen molar-refractivity contribution in [1.29, 1.82) is 0 Å². The largest absolute Gasteiger partial charge is 0.330 e. The van der Waals surface area contributed by atoms with E-state index in [1.54, 1.807) is 0 Å². The Balaban J connectivity index is 2.50. The minimum absolute atomic E-state index is 0.521. The van der Waals surface area contributed by atoms with Gasteiger partial charge < -0.3 is 5.73 Å². The fourth-order valence-electron chi connectivity index (χ4n) is 2.70. The van der Waals surface area contributed by atoms with Crippen molar-refractivity contribution >= 4 is 0 Å². The highest BCUT2D eigenvalue weighted by atomic mass is 15.3. The molecule has 3 heteroatoms. The first-order valence-electron chi connectivity index (χ1n) is 5.37. The van der Waals surface area contributed by atoms with Gasteiger partial charge in [-0.1, -0.05) is 6.92 Å². The number of hydrogen-bond acceptors (Lipinski definition) is 2. The van der Waals surface area contributed by atoms with Gasteiger partial charge in [0.05, 0.1) is 5.69 Å². The second kappa shape index (κ2) is 3.39. The fourth-order valence-corrected chi connectivity index (χ4v) is 2.70. The van der Waals surface area contributed by atoms with Gasteiger partial charge in [0.25, 0.3) is 0 Å². The Morgan fingerprint density at radius 3 is 2.93 bits per heavy atom. The second-order valence-electron chi connectivity index (χ2n) is 4.43. The van der Waals surface area contributed by atoms with Crippen LogP contribution >= 0.6 is 0 Å². The third kappa shape index (κ3) is 1.27. The summed E-state index contributed by atoms with van der Waals surface area (Å²) in [6, 6.07) is 0. The summed E-state index contributed by atoms with van der Waals surface area (Å²) < 4.78 is 2.03. The summed E-state index contributed by atoms with van der Waals surface area (Å²) in [4.78, 5) is 0. The molecule has 0 aromatic carbocycles. The van der Waals surface area contributed by atoms with E-state index in [1.165, 1.54) is 23.4 Å². The van der Waals surface area contributed by atoms with Crippen LogP contribution in [0.25, 0.3) is 0 Å². The lowest BCUT2D eigenvalue weighted by Crippen LogP contribution is -2.25. The van der Waals surface area contributed by atoms with Crippen molar-refractivity contribution in [3.8, 4) is 0 Å². The van der Waals surface area contributed by atoms with Crippen LogP contribution < -0.4 is 5.73 Å². The standard InChI is InChI=1S/C11H19N3/c1-7-4-5-10-11(9(7)6-12)8(2)13-14(10)3/h7,9H,4-6,12H2,1-3H3. The highest BCUT2D eigenvalue weighted by Gasteiger charge is 2.29. The number of hydrogen-bond donors (Lipinski definition) is 1. The lowest BCUT2D eigenvalue weighted by atomic mass is 9.78. The van der Waals surface area contributed by atoms with Gasteiger partial charge in [0.1, 0.15) is 0 Å². The van der Waals surface area contributed by atoms with Crippen molar-refractivity contribution in [3.05, 3.63) is 17.0 Å². The molecular weight excluding hydrogens is 174 g/mol. The molecule has 0 radical (unpaired) electrons. The first-order valence-corrected chi connectivity index (χ1v) is 5.37. The van der Waals surface area contributed by atoms with E-state index in [-0.39, 0.29) is 0 Å². The van der Waals surface area contributed by atoms with Crippen LogP contribution in [0.15, 0.2) is 0 Å². The smallest absolute Gasteiger partial charge is 0.0631 e. The maximum atomic E-state index is 5.85. The molecule has 3 nitrogen and oxygen atoms in total. The zero-order chi connectivity index (χ0) is 10.3. The Morgan fingerprint density at radius 2 is 2.29 bits per heavy atom. The molecule has 14 heavy (non-hydrogen) atoms. The third-order valence-electron chi connectivity index (χ3n) is 3.54. The number of nitrogens with two attached hydrogens (primary N) is 1. The highest BCUT2D eigenvalue weighted by Crippen LogP contribution is 2.36. The van der Waals surface area contributed by atoms with E-state index in [1.807, 2.05) is 11.7 Å². The molecule has 1 aliphatic rings. The topological polar surface area (TPSA) is 43.8 Å². The monoisotopic (exact) mass is 193 g/mol. The third-order valence-corrected chi connectivity index (χ3v) is 3.54. The molecule has 78 valence electrons. The van der Waals surface area contributed by atoms with Gasteiger partial charge >= 0.3 is 0 Å². The summed E-state index contributed by atoms with van der Waals surface area (Å²) in [7, 11) is 2.04. The SMILES string of the molecule is Cc1nn(C)c2c1C(CN)C(C)CC2. The normalized spacial score (nSPS) is 26.3. The average Bonchev–Trinajstić information content (AvgIpc) is 2.43. The van der Waals surface area contributed by atoms with E-state index in [2.05, 4.69) is 18.9 Å². The summed E-state index contributed by atoms with van der Waals surface area (Å²) in [5, 5.41) is 4.49. The Hall–Kier alpha value is -0.830. The highest BCUT2D eigenvalue weighted by molar-refractivity contribution is 5.32. The molecule has 1 aromatic heterocycles. The first-order chi connectivity index (χ1) is 6.65. The Morgan fingerprint density at radius 1 is 1.57 bits per heavy atom. The molecule has 2 N–H and O–H groups in total. The maximum absolute atomic E-state index is 5.85. The molecule has 0 amide bonds. The molecule has 2 atom stereocenters. The molecule has 1 aliphatic carbocycles. The van der Waals surface area contributed by atoms with E-state index in [4.69, 9.17) is 5.73 Å². The quantitative estimate of drug-likeness (QED) is 0.731. The van der Waals surface area contributed by atoms with Crippen LogP contribution in [0.5, 0.6) is 0 Å². The van der Waals surface area contributed by atoms with Crippen LogP contribution in [-0.2, 0) is 13.5 Å². The zero-order valence-electron chi connectivity index (χ0n) is 9.25. The van der Waals surface area contributed by atoms with Crippen LogP contribution in [0.2, 0.25) is 0 Å². The molecule has 0 fully saturated rings. The van der Waals surface area contributed by atoms with Crippen molar-refractivity contribution in [2.24, 2.45) is 18.7 Å². The molecule has 1 heterocycles. The molecule has 2 rings (SSSR count). The molecule has 2 unspecified atom stereocenters. The van der Waals surface area contributed by atoms with Crippen molar-refractivity contribution in [2.75, 3.05) is 6.54 Å². The van der Waals surface area contributed by atoms with Crippen LogP contribution in [0.3, 0.4) is 0 Å². The lowest BCUT2D eigenvalue weighted by molar-refractivity contribution is 0.400. The van der Waals surface area contributed by atoms with Crippen molar-refractivity contribution in [3.63, 3.8) is 0 Å². The number of aromatic nitrogens is 2. The number of aryl methyl sites for hydroxylation is 2. The predicted molar refractivity (Wildman–Crippen MR) is 57.2 cm³/mol. The van der Waals surface area contributed by atoms with Crippen LogP contribution in [0.1, 0.15) is 36.2 Å². The Kier molecular flexibility index (Phi) is 2.35. The Bertz CT molecular complexity index is 341. The summed E-state index contributed by atoms with van der Waals surface area (Å²) >= 11 is 0. The fraction of sp³-hybridized carbons (Fsp3) is 0.727. The minimum Gasteiger partial charge on any atom is -0.330 e. The number of fused-ring (bicyclic) bond motifs is 1. The van der Waals surface area contributed by atoms with Gasteiger partial charge in [-0.05, 0) is 32.2 Å². The molecule has 0 aliphatic heterocycles. The first kappa shape index (κ1) is 9.71. The minimum atomic E-state index is 0.521. The van der Waals surface area contributed by atoms with Gasteiger partial charge in [-0.3, -0.25) is 4.68 Å². The van der Waals surface area contributed by atoms with E-state index < -0.39 is 0 Å². The van der Waals surface area contributed by atoms with Gasteiger partial charge in [-0.15, -0.1) is 0 Å². The average molecular weight is 193 g/mol. The van der Waals surface area contributed by atoms with Crippen LogP contribution in [0, 0.1) is 12.8 Å². The molecule has 0 saturated heterocycles. The van der Waals surface area contributed by atoms with Gasteiger partial charge in [0.15, 0.2) is 0 Å². The summed E-state index contributed by atoms with van der Waals surface area (Å²) in [6.07, 6.45) is 2.40. The van der Waals surface area contributed by atoms with E-state index in [0.717, 1.165) is 13.0 Å². The Labute approximate surface area is 85.3 Å².